The first-order chi connectivity index (χ1) is 9.14. The highest BCUT2D eigenvalue weighted by atomic mass is 32.2. The molecule has 0 radical (unpaired) electrons. The van der Waals surface area contributed by atoms with Crippen molar-refractivity contribution in [1.29, 1.82) is 0 Å². The molecule has 1 saturated heterocycles. The van der Waals surface area contributed by atoms with Gasteiger partial charge in [-0.2, -0.15) is 11.8 Å². The number of thioether (sulfide) groups is 1. The first-order valence-corrected chi connectivity index (χ1v) is 7.96. The van der Waals surface area contributed by atoms with Crippen LogP contribution in [-0.2, 0) is 17.6 Å². The fourth-order valence-electron chi connectivity index (χ4n) is 2.16. The van der Waals surface area contributed by atoms with Crippen LogP contribution in [0.2, 0.25) is 0 Å². The zero-order valence-corrected chi connectivity index (χ0v) is 12.1. The zero-order chi connectivity index (χ0) is 13.7. The van der Waals surface area contributed by atoms with E-state index in [2.05, 4.69) is 36.5 Å². The van der Waals surface area contributed by atoms with Gasteiger partial charge in [0.2, 0.25) is 0 Å². The smallest absolute Gasteiger partial charge is 0.252 e. The second-order valence-electron chi connectivity index (χ2n) is 5.01. The van der Waals surface area contributed by atoms with E-state index in [-0.39, 0.29) is 5.91 Å². The summed E-state index contributed by atoms with van der Waals surface area (Å²) >= 11 is 1.63. The molecule has 1 aromatic carbocycles. The van der Waals surface area contributed by atoms with Gasteiger partial charge in [-0.3, -0.25) is 4.79 Å². The number of carbonyl (C=O) groups excluding carboxylic acids is 1. The number of aliphatic hydroxyl groups is 1. The van der Waals surface area contributed by atoms with Crippen LogP contribution in [-0.4, -0.2) is 34.7 Å². The van der Waals surface area contributed by atoms with Crippen LogP contribution < -0.4 is 5.32 Å². The van der Waals surface area contributed by atoms with Gasteiger partial charge in [0.1, 0.15) is 0 Å². The molecule has 0 saturated carbocycles. The Labute approximate surface area is 118 Å². The maximum Gasteiger partial charge on any atom is 0.252 e. The molecule has 1 aliphatic rings. The quantitative estimate of drug-likeness (QED) is 0.864. The lowest BCUT2D eigenvalue weighted by atomic mass is 10.0. The van der Waals surface area contributed by atoms with Gasteiger partial charge in [0, 0.05) is 12.3 Å². The largest absolute Gasteiger partial charge is 0.379 e. The van der Waals surface area contributed by atoms with Crippen molar-refractivity contribution in [3.8, 4) is 0 Å². The van der Waals surface area contributed by atoms with E-state index in [1.54, 1.807) is 11.8 Å². The Morgan fingerprint density at radius 1 is 1.37 bits per heavy atom. The Morgan fingerprint density at radius 2 is 2.05 bits per heavy atom. The Bertz CT molecular complexity index is 424. The van der Waals surface area contributed by atoms with E-state index in [9.17, 15) is 9.90 Å². The van der Waals surface area contributed by atoms with Crippen molar-refractivity contribution in [3.05, 3.63) is 35.4 Å². The molecule has 1 aromatic rings. The minimum atomic E-state index is -1.14. The van der Waals surface area contributed by atoms with E-state index >= 15 is 0 Å². The molecule has 0 bridgehead atoms. The number of carbonyl (C=O) groups is 1. The number of nitrogens with one attached hydrogen (secondary N) is 1. The average molecular weight is 279 g/mol. The summed E-state index contributed by atoms with van der Waals surface area (Å²) in [6.45, 7) is 2.72. The lowest BCUT2D eigenvalue weighted by Gasteiger charge is -2.20. The Hall–Kier alpha value is -1.00. The summed E-state index contributed by atoms with van der Waals surface area (Å²) in [4.78, 5) is 11.9. The second kappa shape index (κ2) is 6.44. The van der Waals surface area contributed by atoms with E-state index in [0.29, 0.717) is 18.7 Å². The summed E-state index contributed by atoms with van der Waals surface area (Å²) in [7, 11) is 0. The molecule has 1 fully saturated rings. The molecular formula is C15H21NO2S. The summed E-state index contributed by atoms with van der Waals surface area (Å²) in [5.74, 6) is 1.16. The molecule has 1 heterocycles. The summed E-state index contributed by atoms with van der Waals surface area (Å²) in [5.41, 5.74) is 1.40. The van der Waals surface area contributed by atoms with E-state index in [4.69, 9.17) is 0 Å². The molecule has 1 amide bonds. The number of hydrogen-bond acceptors (Lipinski definition) is 3. The number of hydrogen-bond donors (Lipinski definition) is 2. The van der Waals surface area contributed by atoms with E-state index in [1.165, 1.54) is 11.1 Å². The number of amides is 1. The van der Waals surface area contributed by atoms with Crippen molar-refractivity contribution in [3.63, 3.8) is 0 Å². The average Bonchev–Trinajstić information content (AvgIpc) is 2.88. The van der Waals surface area contributed by atoms with Crippen molar-refractivity contribution in [2.45, 2.75) is 31.8 Å². The molecule has 0 aromatic heterocycles. The van der Waals surface area contributed by atoms with Gasteiger partial charge in [-0.25, -0.2) is 0 Å². The lowest BCUT2D eigenvalue weighted by Crippen LogP contribution is -2.47. The molecule has 4 heteroatoms. The third kappa shape index (κ3) is 3.74. The minimum Gasteiger partial charge on any atom is -0.379 e. The molecule has 2 rings (SSSR count). The maximum absolute atomic E-state index is 11.9. The second-order valence-corrected chi connectivity index (χ2v) is 6.12. The van der Waals surface area contributed by atoms with E-state index in [1.807, 2.05) is 0 Å². The summed E-state index contributed by atoms with van der Waals surface area (Å²) < 4.78 is 0. The monoisotopic (exact) mass is 279 g/mol. The normalized spacial score (nSPS) is 22.4. The Balaban J connectivity index is 1.78. The fraction of sp³-hybridized carbons (Fsp3) is 0.533. The standard InChI is InChI=1S/C15H21NO2S/c1-2-12-3-5-13(6-4-12)7-9-16-14(17)15(18)8-10-19-11-15/h3-6,18H,2,7-11H2,1H3,(H,16,17). The first kappa shape index (κ1) is 14.4. The van der Waals surface area contributed by atoms with Gasteiger partial charge >= 0.3 is 0 Å². The molecule has 1 aliphatic heterocycles. The van der Waals surface area contributed by atoms with E-state index < -0.39 is 5.60 Å². The highest BCUT2D eigenvalue weighted by Crippen LogP contribution is 2.27. The van der Waals surface area contributed by atoms with Crippen molar-refractivity contribution in [1.82, 2.24) is 5.32 Å². The van der Waals surface area contributed by atoms with Gasteiger partial charge < -0.3 is 10.4 Å². The molecule has 2 N–H and O–H groups in total. The van der Waals surface area contributed by atoms with Crippen LogP contribution in [0.25, 0.3) is 0 Å². The van der Waals surface area contributed by atoms with Crippen molar-refractivity contribution >= 4 is 17.7 Å². The van der Waals surface area contributed by atoms with Crippen LogP contribution in [0.15, 0.2) is 24.3 Å². The topological polar surface area (TPSA) is 49.3 Å². The first-order valence-electron chi connectivity index (χ1n) is 6.80. The van der Waals surface area contributed by atoms with Gasteiger partial charge in [0.25, 0.3) is 5.91 Å². The molecule has 104 valence electrons. The van der Waals surface area contributed by atoms with Crippen molar-refractivity contribution in [2.75, 3.05) is 18.1 Å². The zero-order valence-electron chi connectivity index (χ0n) is 11.3. The van der Waals surface area contributed by atoms with Gasteiger partial charge in [-0.05, 0) is 36.1 Å². The van der Waals surface area contributed by atoms with Gasteiger partial charge in [0.05, 0.1) is 0 Å². The fourth-order valence-corrected chi connectivity index (χ4v) is 3.40. The van der Waals surface area contributed by atoms with Crippen LogP contribution in [0.4, 0.5) is 0 Å². The van der Waals surface area contributed by atoms with Crippen LogP contribution in [0, 0.1) is 0 Å². The van der Waals surface area contributed by atoms with Gasteiger partial charge in [-0.15, -0.1) is 0 Å². The number of benzene rings is 1. The third-order valence-corrected chi connectivity index (χ3v) is 4.73. The van der Waals surface area contributed by atoms with Crippen LogP contribution in [0.5, 0.6) is 0 Å². The summed E-state index contributed by atoms with van der Waals surface area (Å²) in [6, 6.07) is 8.45. The molecule has 1 unspecified atom stereocenters. The summed E-state index contributed by atoms with van der Waals surface area (Å²) in [5, 5.41) is 12.9. The van der Waals surface area contributed by atoms with Gasteiger partial charge in [-0.1, -0.05) is 31.2 Å². The van der Waals surface area contributed by atoms with Crippen LogP contribution in [0.3, 0.4) is 0 Å². The SMILES string of the molecule is CCc1ccc(CCNC(=O)C2(O)CCSC2)cc1. The lowest BCUT2D eigenvalue weighted by molar-refractivity contribution is -0.137. The van der Waals surface area contributed by atoms with Crippen molar-refractivity contribution in [2.24, 2.45) is 0 Å². The highest BCUT2D eigenvalue weighted by molar-refractivity contribution is 7.99. The summed E-state index contributed by atoms with van der Waals surface area (Å²) in [6.07, 6.45) is 2.41. The van der Waals surface area contributed by atoms with Crippen LogP contribution in [0.1, 0.15) is 24.5 Å². The maximum atomic E-state index is 11.9. The number of aryl methyl sites for hydroxylation is 1. The predicted octanol–water partition coefficient (Wildman–Crippen LogP) is 1.78. The molecule has 1 atom stereocenters. The third-order valence-electron chi connectivity index (χ3n) is 3.55. The Morgan fingerprint density at radius 3 is 2.63 bits per heavy atom. The molecule has 3 nitrogen and oxygen atoms in total. The Kier molecular flexibility index (Phi) is 4.88. The molecule has 0 spiro atoms. The number of rotatable bonds is 5. The molecule has 0 aliphatic carbocycles. The highest BCUT2D eigenvalue weighted by Gasteiger charge is 2.39. The van der Waals surface area contributed by atoms with Gasteiger partial charge in [0.15, 0.2) is 5.60 Å². The minimum absolute atomic E-state index is 0.220. The predicted molar refractivity (Wildman–Crippen MR) is 79.4 cm³/mol. The van der Waals surface area contributed by atoms with Crippen molar-refractivity contribution < 1.29 is 9.90 Å². The molecule has 19 heavy (non-hydrogen) atoms. The van der Waals surface area contributed by atoms with Crippen LogP contribution >= 0.6 is 11.8 Å². The molecular weight excluding hydrogens is 258 g/mol. The van der Waals surface area contributed by atoms with E-state index in [0.717, 1.165) is 18.6 Å².